The standard InChI is InChI=1S/C21H15ClN6OS/c1-12(26-20-18-14(24-11-25-20)8-5-9-23-18)15-10-16-17(19(22)27-30-16)21(29)28(15)13-6-3-2-4-7-13/h2-12H,1H3,(H,24,25,26)/t12-/m0/s1. The number of halogens is 1. The molecule has 0 amide bonds. The summed E-state index contributed by atoms with van der Waals surface area (Å²) in [6, 6.07) is 14.9. The third-order valence-electron chi connectivity index (χ3n) is 4.84. The molecule has 4 aromatic heterocycles. The zero-order chi connectivity index (χ0) is 20.7. The number of rotatable bonds is 4. The van der Waals surface area contributed by atoms with Crippen LogP contribution >= 0.6 is 23.1 Å². The van der Waals surface area contributed by atoms with Gasteiger partial charge in [-0.15, -0.1) is 0 Å². The van der Waals surface area contributed by atoms with E-state index in [0.29, 0.717) is 16.7 Å². The molecule has 5 aromatic rings. The van der Waals surface area contributed by atoms with Gasteiger partial charge in [-0.05, 0) is 48.8 Å². The maximum atomic E-state index is 13.4. The van der Waals surface area contributed by atoms with E-state index in [0.717, 1.165) is 21.6 Å². The Balaban J connectivity index is 1.69. The molecule has 0 aliphatic heterocycles. The molecule has 0 saturated carbocycles. The monoisotopic (exact) mass is 434 g/mol. The average molecular weight is 435 g/mol. The van der Waals surface area contributed by atoms with Gasteiger partial charge in [0.05, 0.1) is 21.6 Å². The van der Waals surface area contributed by atoms with E-state index in [9.17, 15) is 4.79 Å². The summed E-state index contributed by atoms with van der Waals surface area (Å²) in [4.78, 5) is 26.4. The number of pyridine rings is 2. The van der Waals surface area contributed by atoms with Gasteiger partial charge in [-0.1, -0.05) is 29.8 Å². The number of hydrogen-bond donors (Lipinski definition) is 1. The van der Waals surface area contributed by atoms with Gasteiger partial charge in [0, 0.05) is 17.6 Å². The summed E-state index contributed by atoms with van der Waals surface area (Å²) >= 11 is 7.42. The van der Waals surface area contributed by atoms with Crippen LogP contribution in [-0.2, 0) is 0 Å². The minimum Gasteiger partial charge on any atom is -0.360 e. The van der Waals surface area contributed by atoms with Gasteiger partial charge in [0.25, 0.3) is 5.56 Å². The Bertz CT molecular complexity index is 1430. The molecule has 0 unspecified atom stereocenters. The van der Waals surface area contributed by atoms with Gasteiger partial charge in [-0.3, -0.25) is 14.3 Å². The highest BCUT2D eigenvalue weighted by atomic mass is 35.5. The Hall–Kier alpha value is -3.36. The molecule has 0 aliphatic carbocycles. The number of benzene rings is 1. The van der Waals surface area contributed by atoms with Crippen LogP contribution < -0.4 is 10.9 Å². The first-order valence-electron chi connectivity index (χ1n) is 9.22. The summed E-state index contributed by atoms with van der Waals surface area (Å²) in [5.41, 5.74) is 2.73. The Kier molecular flexibility index (Phi) is 4.65. The number of para-hydroxylation sites is 1. The van der Waals surface area contributed by atoms with E-state index in [1.165, 1.54) is 17.9 Å². The van der Waals surface area contributed by atoms with Crippen LogP contribution in [-0.4, -0.2) is 23.9 Å². The van der Waals surface area contributed by atoms with Crippen molar-refractivity contribution in [1.29, 1.82) is 0 Å². The van der Waals surface area contributed by atoms with Crippen LogP contribution in [0, 0.1) is 0 Å². The van der Waals surface area contributed by atoms with E-state index in [1.807, 2.05) is 55.5 Å². The van der Waals surface area contributed by atoms with Crippen molar-refractivity contribution >= 4 is 50.1 Å². The van der Waals surface area contributed by atoms with Crippen molar-refractivity contribution in [2.45, 2.75) is 13.0 Å². The molecule has 148 valence electrons. The second-order valence-electron chi connectivity index (χ2n) is 6.72. The van der Waals surface area contributed by atoms with Crippen molar-refractivity contribution in [3.8, 4) is 5.69 Å². The van der Waals surface area contributed by atoms with Gasteiger partial charge in [0.1, 0.15) is 11.8 Å². The van der Waals surface area contributed by atoms with Crippen LogP contribution in [0.3, 0.4) is 0 Å². The summed E-state index contributed by atoms with van der Waals surface area (Å²) in [5, 5.41) is 4.04. The first-order chi connectivity index (χ1) is 14.6. The van der Waals surface area contributed by atoms with Crippen molar-refractivity contribution in [2.24, 2.45) is 0 Å². The summed E-state index contributed by atoms with van der Waals surface area (Å²) in [6.07, 6.45) is 3.20. The highest BCUT2D eigenvalue weighted by molar-refractivity contribution is 7.13. The van der Waals surface area contributed by atoms with Crippen LogP contribution in [0.4, 0.5) is 5.82 Å². The third kappa shape index (κ3) is 3.10. The summed E-state index contributed by atoms with van der Waals surface area (Å²) in [6.45, 7) is 1.97. The zero-order valence-electron chi connectivity index (χ0n) is 15.8. The molecule has 0 spiro atoms. The predicted molar refractivity (Wildman–Crippen MR) is 120 cm³/mol. The molecule has 1 aromatic carbocycles. The molecule has 0 radical (unpaired) electrons. The molecule has 30 heavy (non-hydrogen) atoms. The second-order valence-corrected chi connectivity index (χ2v) is 7.88. The number of anilines is 1. The van der Waals surface area contributed by atoms with E-state index in [1.54, 1.807) is 10.8 Å². The summed E-state index contributed by atoms with van der Waals surface area (Å²) in [7, 11) is 0. The fourth-order valence-electron chi connectivity index (χ4n) is 3.44. The van der Waals surface area contributed by atoms with Crippen LogP contribution in [0.5, 0.6) is 0 Å². The van der Waals surface area contributed by atoms with E-state index < -0.39 is 0 Å². The first-order valence-corrected chi connectivity index (χ1v) is 10.4. The summed E-state index contributed by atoms with van der Waals surface area (Å²) < 4.78 is 6.57. The molecular formula is C21H15ClN6OS. The molecule has 4 heterocycles. The highest BCUT2D eigenvalue weighted by Gasteiger charge is 2.20. The normalized spacial score (nSPS) is 12.3. The lowest BCUT2D eigenvalue weighted by Gasteiger charge is -2.21. The van der Waals surface area contributed by atoms with Crippen molar-refractivity contribution in [2.75, 3.05) is 5.32 Å². The van der Waals surface area contributed by atoms with E-state index in [2.05, 4.69) is 24.6 Å². The predicted octanol–water partition coefficient (Wildman–Crippen LogP) is 4.61. The molecule has 1 atom stereocenters. The zero-order valence-corrected chi connectivity index (χ0v) is 17.4. The molecule has 0 aliphatic rings. The summed E-state index contributed by atoms with van der Waals surface area (Å²) in [5.74, 6) is 0.600. The van der Waals surface area contributed by atoms with Crippen LogP contribution in [0.25, 0.3) is 26.8 Å². The van der Waals surface area contributed by atoms with Crippen molar-refractivity contribution in [3.05, 3.63) is 82.3 Å². The van der Waals surface area contributed by atoms with Gasteiger partial charge in [-0.25, -0.2) is 9.97 Å². The fraction of sp³-hybridized carbons (Fsp3) is 0.0952. The van der Waals surface area contributed by atoms with E-state index in [4.69, 9.17) is 11.6 Å². The second kappa shape index (κ2) is 7.47. The van der Waals surface area contributed by atoms with E-state index >= 15 is 0 Å². The van der Waals surface area contributed by atoms with E-state index in [-0.39, 0.29) is 16.8 Å². The minimum atomic E-state index is -0.261. The number of hydrogen-bond acceptors (Lipinski definition) is 7. The van der Waals surface area contributed by atoms with Gasteiger partial charge >= 0.3 is 0 Å². The quantitative estimate of drug-likeness (QED) is 0.444. The molecular weight excluding hydrogens is 420 g/mol. The Morgan fingerprint density at radius 2 is 1.93 bits per heavy atom. The molecule has 1 N–H and O–H groups in total. The topological polar surface area (TPSA) is 85.6 Å². The number of fused-ring (bicyclic) bond motifs is 2. The third-order valence-corrected chi connectivity index (χ3v) is 6.00. The number of nitrogens with one attached hydrogen (secondary N) is 1. The van der Waals surface area contributed by atoms with Crippen LogP contribution in [0.15, 0.2) is 65.8 Å². The fourth-order valence-corrected chi connectivity index (χ4v) is 4.50. The SMILES string of the molecule is C[C@H](Nc1ncnc2cccnc12)c1cc2snc(Cl)c2c(=O)n1-c1ccccc1. The molecule has 0 fully saturated rings. The van der Waals surface area contributed by atoms with Gasteiger partial charge in [0.15, 0.2) is 11.0 Å². The van der Waals surface area contributed by atoms with Crippen molar-refractivity contribution in [3.63, 3.8) is 0 Å². The largest absolute Gasteiger partial charge is 0.360 e. The lowest BCUT2D eigenvalue weighted by Crippen LogP contribution is -2.25. The lowest BCUT2D eigenvalue weighted by molar-refractivity contribution is 0.774. The van der Waals surface area contributed by atoms with Gasteiger partial charge < -0.3 is 5.32 Å². The maximum Gasteiger partial charge on any atom is 0.267 e. The molecule has 9 heteroatoms. The Labute approximate surface area is 180 Å². The van der Waals surface area contributed by atoms with Gasteiger partial charge in [0.2, 0.25) is 0 Å². The smallest absolute Gasteiger partial charge is 0.267 e. The Morgan fingerprint density at radius 3 is 2.77 bits per heavy atom. The van der Waals surface area contributed by atoms with Crippen LogP contribution in [0.2, 0.25) is 5.15 Å². The molecule has 0 saturated heterocycles. The van der Waals surface area contributed by atoms with Crippen molar-refractivity contribution < 1.29 is 0 Å². The average Bonchev–Trinajstić information content (AvgIpc) is 3.15. The first kappa shape index (κ1) is 18.7. The number of nitrogens with zero attached hydrogens (tertiary/aromatic N) is 5. The molecule has 0 bridgehead atoms. The minimum absolute atomic E-state index is 0.202. The molecule has 5 rings (SSSR count). The maximum absolute atomic E-state index is 13.4. The van der Waals surface area contributed by atoms with Gasteiger partial charge in [-0.2, -0.15) is 4.37 Å². The lowest BCUT2D eigenvalue weighted by atomic mass is 10.1. The highest BCUT2D eigenvalue weighted by Crippen LogP contribution is 2.29. The van der Waals surface area contributed by atoms with Crippen molar-refractivity contribution in [1.82, 2.24) is 23.9 Å². The number of aromatic nitrogens is 5. The molecule has 7 nitrogen and oxygen atoms in total. The Morgan fingerprint density at radius 1 is 1.10 bits per heavy atom. The van der Waals surface area contributed by atoms with Crippen LogP contribution in [0.1, 0.15) is 18.7 Å².